The van der Waals surface area contributed by atoms with E-state index in [1.807, 2.05) is 40.7 Å². The Hall–Kier alpha value is -2.31. The number of aromatic nitrogens is 3. The van der Waals surface area contributed by atoms with E-state index in [1.165, 1.54) is 0 Å². The number of aromatic amines is 1. The molecule has 0 saturated carbocycles. The molecular formula is C18H26N4O3. The molecule has 0 aromatic carbocycles. The number of likely N-dealkylation sites (tertiary alicyclic amines) is 1. The normalized spacial score (nSPS) is 16.3. The zero-order chi connectivity index (χ0) is 18.2. The highest BCUT2D eigenvalue weighted by molar-refractivity contribution is 5.68. The van der Waals surface area contributed by atoms with Gasteiger partial charge in [0.1, 0.15) is 11.3 Å². The fourth-order valence-electron chi connectivity index (χ4n) is 3.02. The highest BCUT2D eigenvalue weighted by atomic mass is 16.6. The van der Waals surface area contributed by atoms with Crippen LogP contribution in [0.4, 0.5) is 4.79 Å². The number of hydrogen-bond donors (Lipinski definition) is 1. The highest BCUT2D eigenvalue weighted by Gasteiger charge is 2.28. The second-order valence-electron chi connectivity index (χ2n) is 7.67. The van der Waals surface area contributed by atoms with Gasteiger partial charge in [0, 0.05) is 30.3 Å². The SMILES string of the molecule is Cc1noc(-c2cc(C3CCN(C(=O)OC(C)(C)C)CC3)[nH]n2)c1C. The first-order valence-electron chi connectivity index (χ1n) is 8.71. The van der Waals surface area contributed by atoms with Crippen LogP contribution in [0.3, 0.4) is 0 Å². The van der Waals surface area contributed by atoms with Crippen LogP contribution in [0.25, 0.3) is 11.5 Å². The molecule has 2 aromatic heterocycles. The minimum Gasteiger partial charge on any atom is -0.444 e. The number of amides is 1. The van der Waals surface area contributed by atoms with Gasteiger partial charge < -0.3 is 14.2 Å². The molecule has 1 aliphatic heterocycles. The molecule has 1 saturated heterocycles. The first kappa shape index (κ1) is 17.5. The van der Waals surface area contributed by atoms with Crippen molar-refractivity contribution in [1.82, 2.24) is 20.3 Å². The van der Waals surface area contributed by atoms with E-state index in [4.69, 9.17) is 9.26 Å². The van der Waals surface area contributed by atoms with Gasteiger partial charge in [-0.2, -0.15) is 5.10 Å². The molecule has 0 radical (unpaired) electrons. The Kier molecular flexibility index (Phi) is 4.58. The molecule has 7 heteroatoms. The van der Waals surface area contributed by atoms with E-state index >= 15 is 0 Å². The molecule has 0 aliphatic carbocycles. The van der Waals surface area contributed by atoms with Crippen LogP contribution in [0.1, 0.15) is 56.5 Å². The minimum absolute atomic E-state index is 0.232. The van der Waals surface area contributed by atoms with Crippen molar-refractivity contribution in [3.8, 4) is 11.5 Å². The van der Waals surface area contributed by atoms with E-state index in [9.17, 15) is 4.79 Å². The van der Waals surface area contributed by atoms with E-state index in [-0.39, 0.29) is 6.09 Å². The summed E-state index contributed by atoms with van der Waals surface area (Å²) in [6.45, 7) is 10.9. The van der Waals surface area contributed by atoms with Gasteiger partial charge >= 0.3 is 6.09 Å². The zero-order valence-electron chi connectivity index (χ0n) is 15.5. The van der Waals surface area contributed by atoms with Crippen molar-refractivity contribution in [3.63, 3.8) is 0 Å². The number of hydrogen-bond acceptors (Lipinski definition) is 5. The van der Waals surface area contributed by atoms with Gasteiger partial charge in [-0.05, 0) is 53.5 Å². The molecule has 1 N–H and O–H groups in total. The number of nitrogens with zero attached hydrogens (tertiary/aromatic N) is 3. The van der Waals surface area contributed by atoms with Gasteiger partial charge in [-0.1, -0.05) is 5.16 Å². The summed E-state index contributed by atoms with van der Waals surface area (Å²) in [4.78, 5) is 13.9. The Morgan fingerprint density at radius 2 is 2.00 bits per heavy atom. The van der Waals surface area contributed by atoms with Crippen LogP contribution in [-0.4, -0.2) is 45.0 Å². The second kappa shape index (κ2) is 6.54. The first-order valence-corrected chi connectivity index (χ1v) is 8.71. The van der Waals surface area contributed by atoms with Gasteiger partial charge in [0.2, 0.25) is 0 Å². The molecule has 3 heterocycles. The molecule has 136 valence electrons. The van der Waals surface area contributed by atoms with Gasteiger partial charge in [0.05, 0.1) is 5.69 Å². The van der Waals surface area contributed by atoms with Crippen LogP contribution in [0.2, 0.25) is 0 Å². The molecule has 25 heavy (non-hydrogen) atoms. The molecule has 3 rings (SSSR count). The largest absolute Gasteiger partial charge is 0.444 e. The Morgan fingerprint density at radius 1 is 1.32 bits per heavy atom. The van der Waals surface area contributed by atoms with E-state index in [2.05, 4.69) is 15.4 Å². The van der Waals surface area contributed by atoms with Crippen LogP contribution >= 0.6 is 0 Å². The number of carbonyl (C=O) groups is 1. The van der Waals surface area contributed by atoms with Crippen LogP contribution < -0.4 is 0 Å². The molecule has 1 aliphatic rings. The van der Waals surface area contributed by atoms with Crippen molar-refractivity contribution in [3.05, 3.63) is 23.0 Å². The summed E-state index contributed by atoms with van der Waals surface area (Å²) in [6.07, 6.45) is 1.54. The number of piperidine rings is 1. The lowest BCUT2D eigenvalue weighted by Crippen LogP contribution is -2.41. The summed E-state index contributed by atoms with van der Waals surface area (Å²) in [6, 6.07) is 2.03. The molecular weight excluding hydrogens is 320 g/mol. The number of aryl methyl sites for hydroxylation is 1. The van der Waals surface area contributed by atoms with E-state index in [1.54, 1.807) is 4.90 Å². The lowest BCUT2D eigenvalue weighted by Gasteiger charge is -2.33. The number of H-pyrrole nitrogens is 1. The standard InChI is InChI=1S/C18H26N4O3/c1-11-12(2)21-25-16(11)15-10-14(19-20-15)13-6-8-22(9-7-13)17(23)24-18(3,4)5/h10,13H,6-9H2,1-5H3,(H,19,20). The molecule has 7 nitrogen and oxygen atoms in total. The first-order chi connectivity index (χ1) is 11.7. The summed E-state index contributed by atoms with van der Waals surface area (Å²) >= 11 is 0. The Morgan fingerprint density at radius 3 is 2.56 bits per heavy atom. The van der Waals surface area contributed by atoms with Gasteiger partial charge in [-0.3, -0.25) is 5.10 Å². The van der Waals surface area contributed by atoms with Gasteiger partial charge in [-0.25, -0.2) is 4.79 Å². The predicted octanol–water partition coefficient (Wildman–Crippen LogP) is 3.80. The predicted molar refractivity (Wildman–Crippen MR) is 93.3 cm³/mol. The number of rotatable bonds is 2. The van der Waals surface area contributed by atoms with Gasteiger partial charge in [0.25, 0.3) is 0 Å². The summed E-state index contributed by atoms with van der Waals surface area (Å²) in [5.41, 5.74) is 3.29. The quantitative estimate of drug-likeness (QED) is 0.894. The monoisotopic (exact) mass is 346 g/mol. The van der Waals surface area contributed by atoms with Crippen LogP contribution in [-0.2, 0) is 4.74 Å². The maximum absolute atomic E-state index is 12.2. The van der Waals surface area contributed by atoms with Crippen molar-refractivity contribution >= 4 is 6.09 Å². The Balaban J connectivity index is 1.62. The van der Waals surface area contributed by atoms with Crippen molar-refractivity contribution < 1.29 is 14.1 Å². The van der Waals surface area contributed by atoms with Crippen LogP contribution in [0, 0.1) is 13.8 Å². The molecule has 0 spiro atoms. The topological polar surface area (TPSA) is 84.3 Å². The minimum atomic E-state index is -0.459. The van der Waals surface area contributed by atoms with Gasteiger partial charge in [-0.15, -0.1) is 0 Å². The number of nitrogens with one attached hydrogen (secondary N) is 1. The fourth-order valence-corrected chi connectivity index (χ4v) is 3.02. The van der Waals surface area contributed by atoms with Crippen LogP contribution in [0.5, 0.6) is 0 Å². The maximum atomic E-state index is 12.2. The highest BCUT2D eigenvalue weighted by Crippen LogP contribution is 2.31. The average molecular weight is 346 g/mol. The summed E-state index contributed by atoms with van der Waals surface area (Å²) in [5.74, 6) is 1.07. The van der Waals surface area contributed by atoms with E-state index < -0.39 is 5.60 Å². The third-order valence-corrected chi connectivity index (χ3v) is 4.57. The molecule has 0 bridgehead atoms. The summed E-state index contributed by atoms with van der Waals surface area (Å²) in [5, 5.41) is 11.5. The van der Waals surface area contributed by atoms with E-state index in [0.717, 1.165) is 35.5 Å². The van der Waals surface area contributed by atoms with Gasteiger partial charge in [0.15, 0.2) is 5.76 Å². The smallest absolute Gasteiger partial charge is 0.410 e. The van der Waals surface area contributed by atoms with Crippen molar-refractivity contribution in [1.29, 1.82) is 0 Å². The lowest BCUT2D eigenvalue weighted by molar-refractivity contribution is 0.0204. The molecule has 2 aromatic rings. The fraction of sp³-hybridized carbons (Fsp3) is 0.611. The second-order valence-corrected chi connectivity index (χ2v) is 7.67. The Bertz CT molecular complexity index is 749. The van der Waals surface area contributed by atoms with Crippen molar-refractivity contribution in [2.24, 2.45) is 0 Å². The lowest BCUT2D eigenvalue weighted by atomic mass is 9.93. The summed E-state index contributed by atoms with van der Waals surface area (Å²) in [7, 11) is 0. The molecule has 0 unspecified atom stereocenters. The summed E-state index contributed by atoms with van der Waals surface area (Å²) < 4.78 is 10.8. The average Bonchev–Trinajstić information content (AvgIpc) is 3.14. The van der Waals surface area contributed by atoms with E-state index in [0.29, 0.717) is 24.8 Å². The third-order valence-electron chi connectivity index (χ3n) is 4.57. The molecule has 1 fully saturated rings. The number of ether oxygens (including phenoxy) is 1. The molecule has 0 atom stereocenters. The zero-order valence-corrected chi connectivity index (χ0v) is 15.5. The number of carbonyl (C=O) groups excluding carboxylic acids is 1. The van der Waals surface area contributed by atoms with Crippen LogP contribution in [0.15, 0.2) is 10.6 Å². The van der Waals surface area contributed by atoms with Crippen molar-refractivity contribution in [2.45, 2.75) is 59.0 Å². The maximum Gasteiger partial charge on any atom is 0.410 e. The third kappa shape index (κ3) is 3.86. The van der Waals surface area contributed by atoms with Crippen molar-refractivity contribution in [2.75, 3.05) is 13.1 Å². The molecule has 1 amide bonds. The Labute approximate surface area is 147 Å².